The first-order chi connectivity index (χ1) is 19.6. The molecular formula is C30H32F2N6O3. The van der Waals surface area contributed by atoms with Crippen molar-refractivity contribution in [3.8, 4) is 22.6 Å². The van der Waals surface area contributed by atoms with Crippen LogP contribution in [0.25, 0.3) is 22.2 Å². The summed E-state index contributed by atoms with van der Waals surface area (Å²) < 4.78 is 40.7. The molecule has 1 fully saturated rings. The number of hydrogen-bond donors (Lipinski definition) is 1. The van der Waals surface area contributed by atoms with E-state index >= 15 is 8.78 Å². The van der Waals surface area contributed by atoms with Gasteiger partial charge in [0, 0.05) is 55.7 Å². The van der Waals surface area contributed by atoms with Gasteiger partial charge in [-0.15, -0.1) is 0 Å². The highest BCUT2D eigenvalue weighted by molar-refractivity contribution is 6.13. The second-order valence-electron chi connectivity index (χ2n) is 10.7. The number of benzene rings is 2. The van der Waals surface area contributed by atoms with Crippen molar-refractivity contribution in [2.45, 2.75) is 25.9 Å². The van der Waals surface area contributed by atoms with Crippen LogP contribution in [0.15, 0.2) is 48.9 Å². The fourth-order valence-electron chi connectivity index (χ4n) is 5.28. The largest absolute Gasteiger partial charge is 0.494 e. The van der Waals surface area contributed by atoms with E-state index in [1.165, 1.54) is 38.7 Å². The van der Waals surface area contributed by atoms with Gasteiger partial charge in [0.2, 0.25) is 0 Å². The Morgan fingerprint density at radius 1 is 0.976 bits per heavy atom. The van der Waals surface area contributed by atoms with Gasteiger partial charge in [0.25, 0.3) is 5.91 Å². The van der Waals surface area contributed by atoms with E-state index < -0.39 is 17.5 Å². The number of likely N-dealkylation sites (N-methyl/N-ethyl adjacent to an activating group) is 1. The molecular weight excluding hydrogens is 530 g/mol. The van der Waals surface area contributed by atoms with Gasteiger partial charge in [0.05, 0.1) is 48.4 Å². The summed E-state index contributed by atoms with van der Waals surface area (Å²) in [6.45, 7) is 8.08. The summed E-state index contributed by atoms with van der Waals surface area (Å²) >= 11 is 0. The van der Waals surface area contributed by atoms with Crippen molar-refractivity contribution in [3.63, 3.8) is 0 Å². The van der Waals surface area contributed by atoms with Gasteiger partial charge in [-0.05, 0) is 39.1 Å². The average molecular weight is 563 g/mol. The van der Waals surface area contributed by atoms with Crippen molar-refractivity contribution in [2.75, 3.05) is 46.2 Å². The predicted molar refractivity (Wildman–Crippen MR) is 152 cm³/mol. The summed E-state index contributed by atoms with van der Waals surface area (Å²) in [6.07, 6.45) is 4.43. The number of nitrogens with one attached hydrogen (secondary N) is 1. The van der Waals surface area contributed by atoms with Gasteiger partial charge in [-0.25, -0.2) is 8.78 Å². The molecule has 0 unspecified atom stereocenters. The number of carbonyl (C=O) groups is 1. The van der Waals surface area contributed by atoms with Crippen LogP contribution >= 0.6 is 0 Å². The number of fused-ring (bicyclic) bond motifs is 1. The molecule has 214 valence electrons. The highest BCUT2D eigenvalue weighted by atomic mass is 19.1. The molecule has 11 heteroatoms. The first-order valence-electron chi connectivity index (χ1n) is 13.2. The van der Waals surface area contributed by atoms with Crippen molar-refractivity contribution >= 4 is 22.6 Å². The maximum atomic E-state index is 15.3. The van der Waals surface area contributed by atoms with Crippen LogP contribution in [0.1, 0.15) is 29.9 Å². The normalized spacial score (nSPS) is 15.6. The van der Waals surface area contributed by atoms with Crippen LogP contribution < -0.4 is 14.8 Å². The Bertz CT molecular complexity index is 1570. The molecule has 0 bridgehead atoms. The summed E-state index contributed by atoms with van der Waals surface area (Å²) in [5, 5.41) is 2.84. The Morgan fingerprint density at radius 2 is 1.66 bits per heavy atom. The molecule has 1 amide bonds. The van der Waals surface area contributed by atoms with Gasteiger partial charge in [-0.3, -0.25) is 24.6 Å². The highest BCUT2D eigenvalue weighted by Crippen LogP contribution is 2.40. The smallest absolute Gasteiger partial charge is 0.257 e. The summed E-state index contributed by atoms with van der Waals surface area (Å²) in [4.78, 5) is 31.2. The van der Waals surface area contributed by atoms with Crippen LogP contribution in [0.3, 0.4) is 0 Å². The molecule has 9 nitrogen and oxygen atoms in total. The van der Waals surface area contributed by atoms with Crippen LogP contribution in [0.4, 0.5) is 14.5 Å². The summed E-state index contributed by atoms with van der Waals surface area (Å²) in [6, 6.07) is 7.73. The van der Waals surface area contributed by atoms with Crippen molar-refractivity contribution in [1.82, 2.24) is 24.8 Å². The molecule has 4 aromatic rings. The van der Waals surface area contributed by atoms with Gasteiger partial charge in [0.15, 0.2) is 23.1 Å². The number of halogens is 2. The Kier molecular flexibility index (Phi) is 7.83. The number of nitrogens with zero attached hydrogens (tertiary/aromatic N) is 5. The summed E-state index contributed by atoms with van der Waals surface area (Å²) in [5.74, 6) is -2.67. The van der Waals surface area contributed by atoms with Gasteiger partial charge in [-0.1, -0.05) is 6.07 Å². The van der Waals surface area contributed by atoms with Crippen LogP contribution in [0, 0.1) is 11.6 Å². The molecule has 0 radical (unpaired) electrons. The molecule has 0 spiro atoms. The predicted octanol–water partition coefficient (Wildman–Crippen LogP) is 4.77. The van der Waals surface area contributed by atoms with Crippen molar-refractivity contribution in [2.24, 2.45) is 0 Å². The minimum atomic E-state index is -0.916. The number of amides is 1. The number of piperazine rings is 1. The lowest BCUT2D eigenvalue weighted by Gasteiger charge is -2.46. The number of carbonyl (C=O) groups excluding carboxylic acids is 1. The molecule has 0 aliphatic carbocycles. The number of hydrogen-bond acceptors (Lipinski definition) is 8. The number of ether oxygens (including phenoxy) is 2. The van der Waals surface area contributed by atoms with E-state index in [2.05, 4.69) is 51.0 Å². The number of rotatable bonds is 7. The van der Waals surface area contributed by atoms with Crippen LogP contribution in [0.5, 0.6) is 11.5 Å². The van der Waals surface area contributed by atoms with Crippen LogP contribution in [-0.4, -0.2) is 77.1 Å². The van der Waals surface area contributed by atoms with E-state index in [0.29, 0.717) is 12.2 Å². The lowest BCUT2D eigenvalue weighted by Crippen LogP contribution is -2.57. The fraction of sp³-hybridized carbons (Fsp3) is 0.333. The van der Waals surface area contributed by atoms with Gasteiger partial charge in [0.1, 0.15) is 5.52 Å². The monoisotopic (exact) mass is 562 g/mol. The first kappa shape index (κ1) is 28.3. The third-order valence-electron chi connectivity index (χ3n) is 7.41. The van der Waals surface area contributed by atoms with Gasteiger partial charge < -0.3 is 19.7 Å². The van der Waals surface area contributed by atoms with E-state index in [1.807, 2.05) is 6.07 Å². The quantitative estimate of drug-likeness (QED) is 0.345. The number of pyridine rings is 1. The molecule has 1 N–H and O–H groups in total. The summed E-state index contributed by atoms with van der Waals surface area (Å²) in [7, 11) is 4.68. The highest BCUT2D eigenvalue weighted by Gasteiger charge is 2.32. The number of aromatic nitrogens is 3. The fourth-order valence-corrected chi connectivity index (χ4v) is 5.28. The van der Waals surface area contributed by atoms with E-state index in [4.69, 9.17) is 9.47 Å². The maximum absolute atomic E-state index is 15.3. The van der Waals surface area contributed by atoms with E-state index in [-0.39, 0.29) is 44.8 Å². The molecule has 2 aromatic heterocycles. The Morgan fingerprint density at radius 3 is 2.27 bits per heavy atom. The Labute approximate surface area is 237 Å². The first-order valence-corrected chi connectivity index (χ1v) is 13.2. The van der Waals surface area contributed by atoms with Gasteiger partial charge >= 0.3 is 0 Å². The minimum absolute atomic E-state index is 0.0255. The molecule has 0 saturated carbocycles. The molecule has 0 atom stereocenters. The SMILES string of the molecule is COc1cc(OC)c(F)c(-c2ccc(C(=O)Nc3ccc(CN4CCN(C)CC4(C)C)nc3)c3nccnc23)c1F. The second-order valence-corrected chi connectivity index (χ2v) is 10.7. The molecule has 1 saturated heterocycles. The molecule has 3 heterocycles. The molecule has 1 aliphatic rings. The van der Waals surface area contributed by atoms with Crippen molar-refractivity contribution in [3.05, 3.63) is 71.8 Å². The second kappa shape index (κ2) is 11.3. The van der Waals surface area contributed by atoms with E-state index in [1.54, 1.807) is 12.3 Å². The lowest BCUT2D eigenvalue weighted by atomic mass is 9.98. The third kappa shape index (κ3) is 5.55. The molecule has 5 rings (SSSR count). The molecule has 41 heavy (non-hydrogen) atoms. The van der Waals surface area contributed by atoms with Crippen LogP contribution in [0.2, 0.25) is 0 Å². The summed E-state index contributed by atoms with van der Waals surface area (Å²) in [5.41, 5.74) is 1.68. The zero-order chi connectivity index (χ0) is 29.3. The topological polar surface area (TPSA) is 92.7 Å². The number of methoxy groups -OCH3 is 2. The average Bonchev–Trinajstić information content (AvgIpc) is 2.95. The van der Waals surface area contributed by atoms with E-state index in [0.717, 1.165) is 31.4 Å². The molecule has 2 aromatic carbocycles. The number of anilines is 1. The van der Waals surface area contributed by atoms with Crippen molar-refractivity contribution in [1.29, 1.82) is 0 Å². The minimum Gasteiger partial charge on any atom is -0.494 e. The molecule has 1 aliphatic heterocycles. The lowest BCUT2D eigenvalue weighted by molar-refractivity contribution is 0.0245. The zero-order valence-corrected chi connectivity index (χ0v) is 23.7. The maximum Gasteiger partial charge on any atom is 0.257 e. The van der Waals surface area contributed by atoms with Crippen molar-refractivity contribution < 1.29 is 23.0 Å². The Balaban J connectivity index is 1.42. The zero-order valence-electron chi connectivity index (χ0n) is 23.7. The Hall–Kier alpha value is -4.22. The third-order valence-corrected chi connectivity index (χ3v) is 7.41. The standard InChI is InChI=1S/C30H32F2N6O3/c1-30(2)17-37(3)12-13-38(30)16-19-7-6-18(15-35-19)36-29(39)21-9-8-20(27-28(21)34-11-10-33-27)24-25(31)22(40-4)14-23(41-5)26(24)32/h6-11,14-15H,12-13,16-17H2,1-5H3,(H,36,39). The van der Waals surface area contributed by atoms with Gasteiger partial charge in [-0.2, -0.15) is 0 Å². The van der Waals surface area contributed by atoms with Crippen LogP contribution in [-0.2, 0) is 6.54 Å². The van der Waals surface area contributed by atoms with E-state index in [9.17, 15) is 4.79 Å².